The summed E-state index contributed by atoms with van der Waals surface area (Å²) in [4.78, 5) is 32.6. The lowest BCUT2D eigenvalue weighted by Gasteiger charge is -2.34. The Morgan fingerprint density at radius 1 is 1.24 bits per heavy atom. The third kappa shape index (κ3) is 5.03. The zero-order valence-electron chi connectivity index (χ0n) is 19.9. The minimum atomic E-state index is -4.61. The normalized spacial score (nSPS) is 14.8. The Morgan fingerprint density at radius 2 is 1.95 bits per heavy atom. The minimum absolute atomic E-state index is 0.0337. The Bertz CT molecular complexity index is 1530. The van der Waals surface area contributed by atoms with Crippen LogP contribution < -0.4 is 10.2 Å². The van der Waals surface area contributed by atoms with Gasteiger partial charge in [-0.3, -0.25) is 19.8 Å². The molecule has 3 aromatic rings. The molecule has 0 saturated heterocycles. The van der Waals surface area contributed by atoms with Crippen LogP contribution >= 0.6 is 0 Å². The summed E-state index contributed by atoms with van der Waals surface area (Å²) in [6, 6.07) is 12.0. The molecule has 192 valence electrons. The van der Waals surface area contributed by atoms with E-state index >= 15 is 0 Å². The second kappa shape index (κ2) is 10.1. The topological polar surface area (TPSA) is 118 Å². The van der Waals surface area contributed by atoms with Crippen LogP contribution in [-0.4, -0.2) is 33.2 Å². The van der Waals surface area contributed by atoms with Gasteiger partial charge in [-0.1, -0.05) is 18.2 Å². The lowest BCUT2D eigenvalue weighted by Crippen LogP contribution is -2.30. The quantitative estimate of drug-likeness (QED) is 0.386. The number of esters is 1. The van der Waals surface area contributed by atoms with Crippen LogP contribution in [-0.2, 0) is 20.5 Å². The molecule has 1 aliphatic heterocycles. The van der Waals surface area contributed by atoms with E-state index in [4.69, 9.17) is 11.8 Å². The molecular weight excluding hydrogens is 503 g/mol. The van der Waals surface area contributed by atoms with Crippen molar-refractivity contribution in [2.45, 2.75) is 26.1 Å². The van der Waals surface area contributed by atoms with Crippen molar-refractivity contribution in [3.63, 3.8) is 0 Å². The number of ether oxygens (including phenoxy) is 1. The number of alkyl halides is 3. The predicted octanol–water partition coefficient (Wildman–Crippen LogP) is 4.56. The summed E-state index contributed by atoms with van der Waals surface area (Å²) in [6.45, 7) is 9.97. The fraction of sp³-hybridized carbons (Fsp3) is 0.200. The van der Waals surface area contributed by atoms with Gasteiger partial charge in [0.25, 0.3) is 11.9 Å². The Balaban J connectivity index is 1.87. The molecule has 10 nitrogen and oxygen atoms in total. The maximum Gasteiger partial charge on any atom is 0.416 e. The van der Waals surface area contributed by atoms with Crippen molar-refractivity contribution in [2.24, 2.45) is 0 Å². The zero-order chi connectivity index (χ0) is 27.6. The number of amides is 1. The van der Waals surface area contributed by atoms with E-state index in [9.17, 15) is 22.8 Å². The highest BCUT2D eigenvalue weighted by molar-refractivity contribution is 5.91. The van der Waals surface area contributed by atoms with Crippen molar-refractivity contribution in [3.8, 4) is 6.07 Å². The van der Waals surface area contributed by atoms with Crippen LogP contribution in [0.25, 0.3) is 4.85 Å². The molecular formula is C25H18F3N7O3. The Morgan fingerprint density at radius 3 is 2.55 bits per heavy atom. The number of hydrogen-bond donors (Lipinski definition) is 1. The van der Waals surface area contributed by atoms with Crippen LogP contribution in [0.4, 0.5) is 30.8 Å². The summed E-state index contributed by atoms with van der Waals surface area (Å²) in [5.74, 6) is -1.59. The molecule has 0 radical (unpaired) electrons. The molecule has 1 amide bonds. The summed E-state index contributed by atoms with van der Waals surface area (Å²) in [5, 5.41) is 15.9. The first-order valence-corrected chi connectivity index (χ1v) is 11.0. The van der Waals surface area contributed by atoms with Gasteiger partial charge in [-0.05, 0) is 42.8 Å². The number of hydrogen-bond acceptors (Lipinski definition) is 7. The molecule has 13 heteroatoms. The fourth-order valence-corrected chi connectivity index (χ4v) is 3.91. The van der Waals surface area contributed by atoms with Crippen molar-refractivity contribution in [2.75, 3.05) is 16.8 Å². The van der Waals surface area contributed by atoms with Gasteiger partial charge in [0.2, 0.25) is 11.6 Å². The molecule has 0 unspecified atom stereocenters. The third-order valence-corrected chi connectivity index (χ3v) is 5.59. The summed E-state index contributed by atoms with van der Waals surface area (Å²) < 4.78 is 46.4. The number of nitrogens with zero attached hydrogens (tertiary/aromatic N) is 6. The summed E-state index contributed by atoms with van der Waals surface area (Å²) in [5.41, 5.74) is 0.554. The minimum Gasteiger partial charge on any atom is -0.456 e. The SMILES string of the molecule is [C-]#[N+]C1=C(C)N(c2cccc(C(F)(F)F)c2)c2nc(NC(=O)COC(C)=O)nn2[C@@H]1c1ccc(C#N)cc1. The predicted molar refractivity (Wildman–Crippen MR) is 127 cm³/mol. The van der Waals surface area contributed by atoms with Crippen molar-refractivity contribution < 1.29 is 27.5 Å². The van der Waals surface area contributed by atoms with E-state index in [-0.39, 0.29) is 23.3 Å². The molecule has 4 rings (SSSR count). The van der Waals surface area contributed by atoms with Crippen LogP contribution in [0.15, 0.2) is 59.9 Å². The van der Waals surface area contributed by atoms with E-state index in [1.807, 2.05) is 6.07 Å². The van der Waals surface area contributed by atoms with Gasteiger partial charge in [0.15, 0.2) is 6.61 Å². The number of aromatic nitrogens is 3. The first-order valence-electron chi connectivity index (χ1n) is 11.0. The van der Waals surface area contributed by atoms with Crippen LogP contribution in [0.5, 0.6) is 0 Å². The Kier molecular flexibility index (Phi) is 6.86. The van der Waals surface area contributed by atoms with Gasteiger partial charge in [0.05, 0.1) is 23.8 Å². The molecule has 0 saturated carbocycles. The lowest BCUT2D eigenvalue weighted by molar-refractivity contribution is -0.145. The molecule has 1 N–H and O–H groups in total. The van der Waals surface area contributed by atoms with Crippen LogP contribution in [0.1, 0.15) is 36.6 Å². The first-order chi connectivity index (χ1) is 18.0. The lowest BCUT2D eigenvalue weighted by atomic mass is 9.99. The van der Waals surface area contributed by atoms with E-state index in [0.717, 1.165) is 19.1 Å². The van der Waals surface area contributed by atoms with E-state index < -0.39 is 36.3 Å². The number of carbonyl (C=O) groups is 2. The van der Waals surface area contributed by atoms with Crippen molar-refractivity contribution in [1.29, 1.82) is 5.26 Å². The number of fused-ring (bicyclic) bond motifs is 1. The van der Waals surface area contributed by atoms with Gasteiger partial charge in [-0.2, -0.15) is 23.4 Å². The standard InChI is InChI=1S/C25H18F3N7O3/c1-14-21(30-3)22(17-9-7-16(12-29)8-10-17)35-24(32-23(33-35)31-20(37)13-38-15(2)36)34(14)19-6-4-5-18(11-19)25(26,27)28/h4-11,22H,13H2,1-2H3,(H,31,33,37)/t22-/m1/s1. The van der Waals surface area contributed by atoms with Gasteiger partial charge < -0.3 is 4.74 Å². The smallest absolute Gasteiger partial charge is 0.416 e. The number of allylic oxidation sites excluding steroid dienone is 2. The van der Waals surface area contributed by atoms with Crippen LogP contribution in [0.2, 0.25) is 0 Å². The molecule has 0 fully saturated rings. The van der Waals surface area contributed by atoms with Crippen molar-refractivity contribution in [3.05, 3.63) is 88.0 Å². The van der Waals surface area contributed by atoms with Crippen LogP contribution in [0.3, 0.4) is 0 Å². The molecule has 0 aliphatic carbocycles. The molecule has 0 bridgehead atoms. The number of benzene rings is 2. The van der Waals surface area contributed by atoms with Crippen molar-refractivity contribution >= 4 is 29.5 Å². The molecule has 2 aromatic carbocycles. The summed E-state index contributed by atoms with van der Waals surface area (Å²) in [7, 11) is 0. The molecule has 1 atom stereocenters. The first kappa shape index (κ1) is 25.9. The molecule has 1 aliphatic rings. The summed E-state index contributed by atoms with van der Waals surface area (Å²) >= 11 is 0. The number of nitrogens with one attached hydrogen (secondary N) is 1. The van der Waals surface area contributed by atoms with Gasteiger partial charge in [0, 0.05) is 18.3 Å². The van der Waals surface area contributed by atoms with E-state index in [1.54, 1.807) is 31.2 Å². The van der Waals surface area contributed by atoms with Gasteiger partial charge in [-0.15, -0.1) is 5.10 Å². The average Bonchev–Trinajstić information content (AvgIpc) is 3.28. The van der Waals surface area contributed by atoms with Crippen molar-refractivity contribution in [1.82, 2.24) is 14.8 Å². The van der Waals surface area contributed by atoms with Gasteiger partial charge >= 0.3 is 12.1 Å². The maximum atomic E-state index is 13.5. The van der Waals surface area contributed by atoms with E-state index in [0.29, 0.717) is 16.8 Å². The highest BCUT2D eigenvalue weighted by Crippen LogP contribution is 2.44. The Labute approximate surface area is 214 Å². The molecule has 0 spiro atoms. The molecule has 38 heavy (non-hydrogen) atoms. The zero-order valence-corrected chi connectivity index (χ0v) is 19.9. The van der Waals surface area contributed by atoms with E-state index in [1.165, 1.54) is 21.7 Å². The number of anilines is 3. The van der Waals surface area contributed by atoms with Crippen LogP contribution in [0, 0.1) is 17.9 Å². The number of nitriles is 1. The highest BCUT2D eigenvalue weighted by Gasteiger charge is 2.38. The fourth-order valence-electron chi connectivity index (χ4n) is 3.91. The maximum absolute atomic E-state index is 13.5. The second-order valence-corrected chi connectivity index (χ2v) is 8.11. The summed E-state index contributed by atoms with van der Waals surface area (Å²) in [6.07, 6.45) is -4.61. The highest BCUT2D eigenvalue weighted by atomic mass is 19.4. The average molecular weight is 521 g/mol. The Hall–Kier alpha value is -5.17. The third-order valence-electron chi connectivity index (χ3n) is 5.59. The molecule has 2 heterocycles. The monoisotopic (exact) mass is 521 g/mol. The van der Waals surface area contributed by atoms with E-state index in [2.05, 4.69) is 25.0 Å². The largest absolute Gasteiger partial charge is 0.456 e. The number of carbonyl (C=O) groups excluding carboxylic acids is 2. The second-order valence-electron chi connectivity index (χ2n) is 8.11. The molecule has 1 aromatic heterocycles. The van der Waals surface area contributed by atoms with Gasteiger partial charge in [0.1, 0.15) is 6.04 Å². The number of rotatable bonds is 5. The van der Waals surface area contributed by atoms with Gasteiger partial charge in [-0.25, -0.2) is 9.53 Å². The number of halogens is 3.